The van der Waals surface area contributed by atoms with Crippen LogP contribution in [-0.2, 0) is 15.6 Å². The van der Waals surface area contributed by atoms with Gasteiger partial charge in [0, 0.05) is 59.6 Å². The second-order valence-corrected chi connectivity index (χ2v) is 15.8. The summed E-state index contributed by atoms with van der Waals surface area (Å²) in [7, 11) is 0. The molecule has 3 aromatic heterocycles. The van der Waals surface area contributed by atoms with Crippen molar-refractivity contribution in [1.29, 1.82) is 0 Å². The summed E-state index contributed by atoms with van der Waals surface area (Å²) in [4.78, 5) is 34.8. The molecule has 7 saturated carbocycles. The molecule has 43 heavy (non-hydrogen) atoms. The highest BCUT2D eigenvalue weighted by Crippen LogP contribution is 2.71. The van der Waals surface area contributed by atoms with Gasteiger partial charge in [0.25, 0.3) is 0 Å². The maximum atomic E-state index is 14.4. The van der Waals surface area contributed by atoms with Gasteiger partial charge in [-0.3, -0.25) is 9.78 Å². The summed E-state index contributed by atoms with van der Waals surface area (Å²) < 4.78 is 20.1. The molecule has 3 aromatic rings. The van der Waals surface area contributed by atoms with E-state index in [0.717, 1.165) is 80.0 Å². The lowest BCUT2D eigenvalue weighted by molar-refractivity contribution is -0.215. The second-order valence-electron chi connectivity index (χ2n) is 15.8. The van der Waals surface area contributed by atoms with Gasteiger partial charge < -0.3 is 9.42 Å². The summed E-state index contributed by atoms with van der Waals surface area (Å²) >= 11 is 0. The van der Waals surface area contributed by atoms with Crippen LogP contribution in [0.15, 0.2) is 35.2 Å². The van der Waals surface area contributed by atoms with E-state index < -0.39 is 5.67 Å². The molecule has 0 radical (unpaired) electrons. The Hall–Kier alpha value is -3.23. The fourth-order valence-corrected chi connectivity index (χ4v) is 8.47. The van der Waals surface area contributed by atoms with Crippen LogP contribution in [0, 0.1) is 10.8 Å². The molecule has 9 heteroatoms. The molecular formula is C34H41FN6O2. The van der Waals surface area contributed by atoms with Crippen molar-refractivity contribution in [3.8, 4) is 11.3 Å². The molecule has 1 amide bonds. The van der Waals surface area contributed by atoms with Crippen molar-refractivity contribution in [1.82, 2.24) is 25.1 Å². The topological polar surface area (TPSA) is 97.9 Å². The zero-order chi connectivity index (χ0) is 29.7. The Morgan fingerprint density at radius 1 is 1.00 bits per heavy atom. The molecule has 0 saturated heterocycles. The highest BCUT2D eigenvalue weighted by molar-refractivity contribution is 5.94. The minimum Gasteiger partial charge on any atom is -0.339 e. The Bertz CT molecular complexity index is 1530. The summed E-state index contributed by atoms with van der Waals surface area (Å²) in [6.45, 7) is 6.96. The van der Waals surface area contributed by atoms with Crippen molar-refractivity contribution < 1.29 is 13.7 Å². The molecule has 4 bridgehead atoms. The van der Waals surface area contributed by atoms with Gasteiger partial charge in [-0.2, -0.15) is 4.98 Å². The van der Waals surface area contributed by atoms with Gasteiger partial charge >= 0.3 is 0 Å². The molecule has 10 rings (SSSR count). The van der Waals surface area contributed by atoms with E-state index in [1.54, 1.807) is 6.20 Å². The zero-order valence-electron chi connectivity index (χ0n) is 25.5. The molecule has 8 nitrogen and oxygen atoms in total. The van der Waals surface area contributed by atoms with E-state index in [1.165, 1.54) is 0 Å². The average molecular weight is 585 g/mol. The number of carbonyl (C=O) groups excluding carboxylic acids is 1. The third-order valence-electron chi connectivity index (χ3n) is 11.3. The van der Waals surface area contributed by atoms with Crippen LogP contribution in [0.4, 0.5) is 10.1 Å². The number of hydrogen-bond acceptors (Lipinski definition) is 7. The zero-order valence-corrected chi connectivity index (χ0v) is 25.5. The Morgan fingerprint density at radius 2 is 1.67 bits per heavy atom. The van der Waals surface area contributed by atoms with Crippen molar-refractivity contribution in [3.63, 3.8) is 0 Å². The molecule has 0 atom stereocenters. The Labute approximate surface area is 252 Å². The quantitative estimate of drug-likeness (QED) is 0.281. The number of aromatic nitrogens is 5. The molecule has 0 spiro atoms. The first-order chi connectivity index (χ1) is 20.5. The van der Waals surface area contributed by atoms with Crippen LogP contribution in [0.1, 0.15) is 121 Å². The van der Waals surface area contributed by atoms with Crippen LogP contribution >= 0.6 is 0 Å². The Kier molecular flexibility index (Phi) is 5.81. The van der Waals surface area contributed by atoms with Gasteiger partial charge in [-0.05, 0) is 93.6 Å². The Morgan fingerprint density at radius 3 is 2.26 bits per heavy atom. The van der Waals surface area contributed by atoms with Gasteiger partial charge in [-0.25, -0.2) is 14.4 Å². The first-order valence-corrected chi connectivity index (χ1v) is 16.1. The maximum absolute atomic E-state index is 14.4. The lowest BCUT2D eigenvalue weighted by Gasteiger charge is -2.66. The van der Waals surface area contributed by atoms with Crippen LogP contribution < -0.4 is 4.90 Å². The van der Waals surface area contributed by atoms with Gasteiger partial charge in [0.2, 0.25) is 11.8 Å². The van der Waals surface area contributed by atoms with E-state index >= 15 is 0 Å². The molecule has 7 aliphatic carbocycles. The third-order valence-corrected chi connectivity index (χ3v) is 11.3. The van der Waals surface area contributed by atoms with Crippen LogP contribution in [0.25, 0.3) is 11.3 Å². The number of alkyl halides is 1. The summed E-state index contributed by atoms with van der Waals surface area (Å²) in [5.74, 6) is 3.05. The number of halogens is 1. The van der Waals surface area contributed by atoms with Crippen LogP contribution in [0.2, 0.25) is 0 Å². The molecule has 0 N–H and O–H groups in total. The van der Waals surface area contributed by atoms with Crippen molar-refractivity contribution in [2.45, 2.75) is 120 Å². The fourth-order valence-electron chi connectivity index (χ4n) is 8.47. The SMILES string of the molecule is CC(C)(C)c1nc(C23CCC(CN(C(=O)CC45CC(F)(C4)C5)c4ccnc(-c5cnc(C6CC6)nc5)c4)(CC2)CC3)no1. The highest BCUT2D eigenvalue weighted by Gasteiger charge is 2.69. The molecule has 0 aromatic carbocycles. The van der Waals surface area contributed by atoms with Gasteiger partial charge in [0.15, 0.2) is 5.82 Å². The number of anilines is 1. The first-order valence-electron chi connectivity index (χ1n) is 16.1. The second kappa shape index (κ2) is 9.14. The number of rotatable bonds is 8. The number of fused-ring (bicyclic) bond motifs is 3. The normalized spacial score (nSPS) is 32.7. The van der Waals surface area contributed by atoms with E-state index in [-0.39, 0.29) is 27.6 Å². The smallest absolute Gasteiger partial charge is 0.232 e. The fraction of sp³-hybridized carbons (Fsp3) is 0.647. The molecule has 0 aliphatic heterocycles. The molecule has 0 unspecified atom stereocenters. The number of pyridine rings is 1. The van der Waals surface area contributed by atoms with E-state index in [9.17, 15) is 9.18 Å². The maximum Gasteiger partial charge on any atom is 0.232 e. The highest BCUT2D eigenvalue weighted by atomic mass is 19.1. The van der Waals surface area contributed by atoms with Gasteiger partial charge in [-0.1, -0.05) is 25.9 Å². The molecule has 226 valence electrons. The minimum absolute atomic E-state index is 0.0349. The lowest BCUT2D eigenvalue weighted by Crippen LogP contribution is -2.65. The molecular weight excluding hydrogens is 543 g/mol. The lowest BCUT2D eigenvalue weighted by atomic mass is 9.41. The third kappa shape index (κ3) is 4.69. The number of nitrogens with zero attached hydrogens (tertiary/aromatic N) is 6. The number of carbonyl (C=O) groups is 1. The minimum atomic E-state index is -1.02. The first kappa shape index (κ1) is 27.3. The van der Waals surface area contributed by atoms with E-state index in [0.29, 0.717) is 44.0 Å². The standard InChI is InChI=1S/C34H41FN6O2/c1-30(2,3)29-39-28(40-43-29)33-10-7-31(8-11-33,9-12-33)21-41(26(42)15-32-18-34(35,19-32)20-32)24-6-13-36-25(14-24)23-16-37-27(38-17-23)22-4-5-22/h6,13-14,16-17,22H,4-5,7-12,15,18-21H2,1-3H3. The molecule has 7 fully saturated rings. The van der Waals surface area contributed by atoms with Crippen molar-refractivity contribution in [2.24, 2.45) is 10.8 Å². The van der Waals surface area contributed by atoms with Crippen LogP contribution in [0.5, 0.6) is 0 Å². The van der Waals surface area contributed by atoms with Crippen molar-refractivity contribution in [2.75, 3.05) is 11.4 Å². The van der Waals surface area contributed by atoms with E-state index in [2.05, 4.69) is 40.9 Å². The predicted octanol–water partition coefficient (Wildman–Crippen LogP) is 7.00. The largest absolute Gasteiger partial charge is 0.339 e. The van der Waals surface area contributed by atoms with Crippen molar-refractivity contribution in [3.05, 3.63) is 48.3 Å². The number of amides is 1. The van der Waals surface area contributed by atoms with Gasteiger partial charge in [0.05, 0.1) is 5.69 Å². The summed E-state index contributed by atoms with van der Waals surface area (Å²) in [5, 5.41) is 4.46. The van der Waals surface area contributed by atoms with Gasteiger partial charge in [0.1, 0.15) is 11.5 Å². The van der Waals surface area contributed by atoms with Crippen LogP contribution in [-0.4, -0.2) is 43.2 Å². The van der Waals surface area contributed by atoms with Crippen LogP contribution in [0.3, 0.4) is 0 Å². The monoisotopic (exact) mass is 584 g/mol. The summed E-state index contributed by atoms with van der Waals surface area (Å²) in [6.07, 6.45) is 15.8. The van der Waals surface area contributed by atoms with Crippen molar-refractivity contribution >= 4 is 11.6 Å². The Balaban J connectivity index is 1.05. The molecule has 7 aliphatic rings. The van der Waals surface area contributed by atoms with E-state index in [1.807, 2.05) is 29.4 Å². The van der Waals surface area contributed by atoms with E-state index in [4.69, 9.17) is 9.51 Å². The predicted molar refractivity (Wildman–Crippen MR) is 159 cm³/mol. The summed E-state index contributed by atoms with van der Waals surface area (Å²) in [5.41, 5.74) is 1.13. The average Bonchev–Trinajstić information content (AvgIpc) is 3.69. The summed E-state index contributed by atoms with van der Waals surface area (Å²) in [6, 6.07) is 3.95. The molecule has 3 heterocycles. The van der Waals surface area contributed by atoms with Gasteiger partial charge in [-0.15, -0.1) is 0 Å². The number of hydrogen-bond donors (Lipinski definition) is 0.